The number of amides is 10. The minimum Gasteiger partial charge on any atom is -0.347 e. The zero-order valence-electron chi connectivity index (χ0n) is 38.8. The van der Waals surface area contributed by atoms with Crippen molar-refractivity contribution >= 4 is 82.2 Å². The molecule has 0 aliphatic carbocycles. The second-order valence-corrected chi connectivity index (χ2v) is 16.5. The number of rotatable bonds is 28. The van der Waals surface area contributed by atoms with Gasteiger partial charge in [-0.25, -0.2) is 0 Å². The summed E-state index contributed by atoms with van der Waals surface area (Å²) in [6.45, 7) is 8.49. The van der Waals surface area contributed by atoms with E-state index < -0.39 is 107 Å². The molecule has 0 saturated carbocycles. The number of imide groups is 2. The van der Waals surface area contributed by atoms with E-state index in [1.165, 1.54) is 55.6 Å². The fourth-order valence-electron chi connectivity index (χ4n) is 6.45. The van der Waals surface area contributed by atoms with Gasteiger partial charge in [-0.05, 0) is 40.5 Å². The Balaban J connectivity index is 1.65. The van der Waals surface area contributed by atoms with Gasteiger partial charge in [0.05, 0.1) is 24.2 Å². The molecule has 22 nitrogen and oxygen atoms in total. The summed E-state index contributed by atoms with van der Waals surface area (Å²) < 4.78 is 0. The van der Waals surface area contributed by atoms with E-state index in [1.54, 1.807) is 0 Å². The molecule has 0 radical (unpaired) electrons. The van der Waals surface area contributed by atoms with Gasteiger partial charge < -0.3 is 21.3 Å². The topological polar surface area (TPSA) is 300 Å². The van der Waals surface area contributed by atoms with E-state index in [0.29, 0.717) is 0 Å². The molecule has 0 fully saturated rings. The zero-order valence-corrected chi connectivity index (χ0v) is 38.8. The normalized spacial score (nSPS) is 15.9. The quantitative estimate of drug-likeness (QED) is 0.0549. The van der Waals surface area contributed by atoms with E-state index in [2.05, 4.69) is 21.3 Å². The van der Waals surface area contributed by atoms with Crippen molar-refractivity contribution in [3.05, 3.63) is 24.3 Å². The van der Waals surface area contributed by atoms with Gasteiger partial charge in [-0.2, -0.15) is 0 Å². The van der Waals surface area contributed by atoms with Crippen LogP contribution in [0.4, 0.5) is 0 Å². The average molecular weight is 927 g/mol. The van der Waals surface area contributed by atoms with Crippen molar-refractivity contribution in [3.8, 4) is 0 Å². The number of carbonyl (C=O) groups excluding carboxylic acids is 14. The molecule has 2 aliphatic heterocycles. The summed E-state index contributed by atoms with van der Waals surface area (Å²) in [7, 11) is 2.75. The average Bonchev–Trinajstić information content (AvgIpc) is 3.76. The number of ketones is 4. The molecule has 0 bridgehead atoms. The molecule has 6 atom stereocenters. The molecule has 2 heterocycles. The van der Waals surface area contributed by atoms with Gasteiger partial charge in [0, 0.05) is 115 Å². The number of hydrogen-bond acceptors (Lipinski definition) is 14. The van der Waals surface area contributed by atoms with Crippen molar-refractivity contribution in [2.45, 2.75) is 130 Å². The summed E-state index contributed by atoms with van der Waals surface area (Å²) in [6.07, 6.45) is 3.35. The first kappa shape index (κ1) is 55.4. The van der Waals surface area contributed by atoms with Crippen molar-refractivity contribution in [1.29, 1.82) is 0 Å². The van der Waals surface area contributed by atoms with Crippen molar-refractivity contribution in [3.63, 3.8) is 0 Å². The Hall–Kier alpha value is -6.74. The molecule has 10 amide bonds. The van der Waals surface area contributed by atoms with E-state index in [9.17, 15) is 67.1 Å². The minimum atomic E-state index is -0.954. The largest absolute Gasteiger partial charge is 0.347 e. The molecule has 6 unspecified atom stereocenters. The lowest BCUT2D eigenvalue weighted by Gasteiger charge is -2.28. The molecule has 362 valence electrons. The van der Waals surface area contributed by atoms with Gasteiger partial charge >= 0.3 is 0 Å². The Kier molecular flexibility index (Phi) is 22.1. The van der Waals surface area contributed by atoms with Gasteiger partial charge in [0.2, 0.25) is 35.4 Å². The van der Waals surface area contributed by atoms with Gasteiger partial charge in [-0.15, -0.1) is 0 Å². The van der Waals surface area contributed by atoms with Crippen LogP contribution in [0.1, 0.15) is 106 Å². The Morgan fingerprint density at radius 1 is 0.439 bits per heavy atom. The van der Waals surface area contributed by atoms with E-state index in [1.807, 2.05) is 0 Å². The fourth-order valence-corrected chi connectivity index (χ4v) is 6.45. The summed E-state index contributed by atoms with van der Waals surface area (Å²) in [5.41, 5.74) is 0. The van der Waals surface area contributed by atoms with Crippen LogP contribution in [0.25, 0.3) is 0 Å². The SMILES string of the molecule is CC(CC(=O)C(C)NC(=O)CCN1C(=O)C=CC1=O)C(=O)NC(C)C(=O)CCCC(=O)N(C)N(C)C(=O)CCCC(=O)C(C)NC(=O)C(C)CC(=O)C(C)NC(=O)CCN1C(=O)C=CC1=O. The highest BCUT2D eigenvalue weighted by Gasteiger charge is 2.29. The molecule has 0 spiro atoms. The number of Topliss-reactive ketones (excluding diaryl/α,β-unsaturated/α-hetero) is 4. The van der Waals surface area contributed by atoms with E-state index in [-0.39, 0.29) is 88.9 Å². The molecule has 0 aromatic heterocycles. The van der Waals surface area contributed by atoms with Crippen LogP contribution in [0, 0.1) is 11.8 Å². The summed E-state index contributed by atoms with van der Waals surface area (Å²) in [4.78, 5) is 175. The molecule has 0 aromatic rings. The van der Waals surface area contributed by atoms with Gasteiger partial charge in [0.15, 0.2) is 23.1 Å². The smallest absolute Gasteiger partial charge is 0.253 e. The number of nitrogens with one attached hydrogen (secondary N) is 4. The molecule has 2 aliphatic rings. The van der Waals surface area contributed by atoms with Crippen LogP contribution in [0.5, 0.6) is 0 Å². The van der Waals surface area contributed by atoms with Crippen LogP contribution >= 0.6 is 0 Å². The maximum Gasteiger partial charge on any atom is 0.253 e. The lowest BCUT2D eigenvalue weighted by molar-refractivity contribution is -0.158. The molecular weight excluding hydrogens is 865 g/mol. The second kappa shape index (κ2) is 26.3. The Morgan fingerprint density at radius 3 is 1.03 bits per heavy atom. The first-order valence-corrected chi connectivity index (χ1v) is 21.7. The molecule has 22 heteroatoms. The first-order chi connectivity index (χ1) is 30.8. The third-order valence-corrected chi connectivity index (χ3v) is 11.0. The van der Waals surface area contributed by atoms with Crippen LogP contribution in [0.2, 0.25) is 0 Å². The van der Waals surface area contributed by atoms with Crippen molar-refractivity contribution < 1.29 is 67.1 Å². The third kappa shape index (κ3) is 17.7. The van der Waals surface area contributed by atoms with Crippen LogP contribution in [-0.2, 0) is 67.1 Å². The summed E-state index contributed by atoms with van der Waals surface area (Å²) >= 11 is 0. The highest BCUT2D eigenvalue weighted by molar-refractivity contribution is 6.13. The third-order valence-electron chi connectivity index (χ3n) is 11.0. The van der Waals surface area contributed by atoms with Crippen molar-refractivity contribution in [2.75, 3.05) is 27.2 Å². The molecule has 66 heavy (non-hydrogen) atoms. The van der Waals surface area contributed by atoms with Crippen LogP contribution in [-0.4, -0.2) is 153 Å². The van der Waals surface area contributed by atoms with Gasteiger partial charge in [0.1, 0.15) is 0 Å². The first-order valence-electron chi connectivity index (χ1n) is 21.7. The monoisotopic (exact) mass is 926 g/mol. The summed E-state index contributed by atoms with van der Waals surface area (Å²) in [6, 6.07) is -3.78. The van der Waals surface area contributed by atoms with Crippen LogP contribution in [0.15, 0.2) is 24.3 Å². The number of nitrogens with zero attached hydrogens (tertiary/aromatic N) is 4. The maximum atomic E-state index is 12.8. The lowest BCUT2D eigenvalue weighted by Crippen LogP contribution is -2.45. The Bertz CT molecular complexity index is 1840. The Labute approximate surface area is 383 Å². The zero-order chi connectivity index (χ0) is 50.0. The van der Waals surface area contributed by atoms with Gasteiger partial charge in [-0.1, -0.05) is 13.8 Å². The van der Waals surface area contributed by atoms with E-state index in [4.69, 9.17) is 0 Å². The summed E-state index contributed by atoms with van der Waals surface area (Å²) in [5, 5.41) is 12.3. The molecule has 0 aromatic carbocycles. The fraction of sp³-hybridized carbons (Fsp3) is 0.591. The molecule has 4 N–H and O–H groups in total. The molecule has 0 saturated heterocycles. The number of carbonyl (C=O) groups is 14. The molecular formula is C44H62N8O14. The van der Waals surface area contributed by atoms with Gasteiger partial charge in [0.25, 0.3) is 23.6 Å². The predicted octanol–water partition coefficient (Wildman–Crippen LogP) is -0.863. The van der Waals surface area contributed by atoms with E-state index in [0.717, 1.165) is 44.1 Å². The maximum absolute atomic E-state index is 12.8. The van der Waals surface area contributed by atoms with E-state index >= 15 is 0 Å². The second-order valence-electron chi connectivity index (χ2n) is 16.5. The number of hydrazine groups is 1. The summed E-state index contributed by atoms with van der Waals surface area (Å²) in [5.74, 6) is -8.67. The van der Waals surface area contributed by atoms with Crippen LogP contribution in [0.3, 0.4) is 0 Å². The number of hydrogen-bond donors (Lipinski definition) is 4. The van der Waals surface area contributed by atoms with Crippen LogP contribution < -0.4 is 21.3 Å². The Morgan fingerprint density at radius 2 is 0.727 bits per heavy atom. The molecule has 2 rings (SSSR count). The van der Waals surface area contributed by atoms with Gasteiger partial charge in [-0.3, -0.25) is 86.9 Å². The highest BCUT2D eigenvalue weighted by Crippen LogP contribution is 2.12. The minimum absolute atomic E-state index is 0.0733. The predicted molar refractivity (Wildman–Crippen MR) is 232 cm³/mol. The van der Waals surface area contributed by atoms with Crippen molar-refractivity contribution in [2.24, 2.45) is 11.8 Å². The standard InChI is InChI=1S/C44H62N8O14/c1-25(23-33(55)29(5)45-35(57)19-21-51-39(61)15-16-40(51)62)43(65)47-27(3)31(53)11-9-13-37(59)49(7)50(8)38(60)14-10-12-32(54)28(4)48-44(66)26(2)24-34(56)30(6)46-36(58)20-22-52-41(63)17-18-42(52)64/h15-18,25-30H,9-14,19-24H2,1-8H3,(H,45,57)(H,46,58)(H,47,65)(H,48,66). The van der Waals surface area contributed by atoms with Crippen molar-refractivity contribution in [1.82, 2.24) is 41.1 Å². The lowest BCUT2D eigenvalue weighted by atomic mass is 9.99. The highest BCUT2D eigenvalue weighted by atomic mass is 16.2.